The number of carboxylic acids is 1. The molecule has 9 heteroatoms. The van der Waals surface area contributed by atoms with Crippen LogP contribution in [-0.2, 0) is 9.53 Å². The minimum atomic E-state index is -0.864. The Balaban J connectivity index is 1.10. The summed E-state index contributed by atoms with van der Waals surface area (Å²) in [5.74, 6) is -1.57. The van der Waals surface area contributed by atoms with E-state index in [1.165, 1.54) is 6.07 Å². The zero-order valence-corrected chi connectivity index (χ0v) is 18.8. The lowest BCUT2D eigenvalue weighted by Crippen LogP contribution is -2.38. The van der Waals surface area contributed by atoms with Crippen molar-refractivity contribution in [2.24, 2.45) is 5.92 Å². The largest absolute Gasteiger partial charge is 0.481 e. The fraction of sp³-hybridized carbons (Fsp3) is 0.308. The lowest BCUT2D eigenvalue weighted by atomic mass is 9.89. The number of carboxylic acid groups (broad SMARTS) is 1. The summed E-state index contributed by atoms with van der Waals surface area (Å²) >= 11 is 0. The number of hydrogen-bond donors (Lipinski definition) is 3. The van der Waals surface area contributed by atoms with Crippen LogP contribution < -0.4 is 5.32 Å². The molecule has 2 amide bonds. The Labute approximate surface area is 201 Å². The van der Waals surface area contributed by atoms with Gasteiger partial charge in [-0.05, 0) is 41.5 Å². The zero-order valence-electron chi connectivity index (χ0n) is 18.8. The summed E-state index contributed by atoms with van der Waals surface area (Å²) in [4.78, 5) is 38.7. The number of anilines is 1. The van der Waals surface area contributed by atoms with Crippen molar-refractivity contribution in [2.45, 2.75) is 37.3 Å². The number of aliphatic carboxylic acids is 1. The molecule has 3 aliphatic rings. The third-order valence-corrected chi connectivity index (χ3v) is 7.47. The van der Waals surface area contributed by atoms with Crippen molar-refractivity contribution in [3.8, 4) is 11.1 Å². The fourth-order valence-electron chi connectivity index (χ4n) is 5.94. The number of benzene rings is 2. The lowest BCUT2D eigenvalue weighted by Gasteiger charge is -2.22. The summed E-state index contributed by atoms with van der Waals surface area (Å²) in [6, 6.07) is 17.3. The van der Waals surface area contributed by atoms with Crippen LogP contribution in [0.3, 0.4) is 0 Å². The number of nitrogens with zero attached hydrogens (tertiary/aromatic N) is 2. The Hall–Kier alpha value is -4.14. The third-order valence-electron chi connectivity index (χ3n) is 7.47. The van der Waals surface area contributed by atoms with Gasteiger partial charge in [0.15, 0.2) is 5.82 Å². The molecular weight excluding hydrogens is 448 g/mol. The molecule has 35 heavy (non-hydrogen) atoms. The maximum absolute atomic E-state index is 13.0. The predicted molar refractivity (Wildman–Crippen MR) is 126 cm³/mol. The number of carbonyl (C=O) groups is 3. The summed E-state index contributed by atoms with van der Waals surface area (Å²) in [5, 5.41) is 18.7. The topological polar surface area (TPSA) is 125 Å². The second kappa shape index (κ2) is 8.26. The average molecular weight is 473 g/mol. The van der Waals surface area contributed by atoms with Crippen molar-refractivity contribution in [2.75, 3.05) is 11.9 Å². The van der Waals surface area contributed by atoms with Gasteiger partial charge in [-0.2, -0.15) is 5.10 Å². The molecule has 9 nitrogen and oxygen atoms in total. The van der Waals surface area contributed by atoms with Crippen molar-refractivity contribution >= 4 is 23.8 Å². The first kappa shape index (κ1) is 21.4. The van der Waals surface area contributed by atoms with Gasteiger partial charge in [0.2, 0.25) is 0 Å². The molecule has 0 spiro atoms. The van der Waals surface area contributed by atoms with E-state index in [0.29, 0.717) is 12.8 Å². The van der Waals surface area contributed by atoms with E-state index in [0.717, 1.165) is 28.7 Å². The van der Waals surface area contributed by atoms with Crippen LogP contribution in [0.5, 0.6) is 0 Å². The lowest BCUT2D eigenvalue weighted by molar-refractivity contribution is -0.142. The molecule has 6 rings (SSSR count). The molecule has 3 aromatic rings. The van der Waals surface area contributed by atoms with Crippen molar-refractivity contribution in [1.82, 2.24) is 15.1 Å². The monoisotopic (exact) mass is 472 g/mol. The van der Waals surface area contributed by atoms with Gasteiger partial charge in [-0.3, -0.25) is 20.0 Å². The molecule has 3 unspecified atom stereocenters. The number of fused-ring (bicyclic) bond motifs is 5. The molecule has 1 aromatic heterocycles. The number of ether oxygens (including phenoxy) is 1. The second-order valence-electron chi connectivity index (χ2n) is 9.31. The first-order valence-corrected chi connectivity index (χ1v) is 11.7. The standard InChI is InChI=1S/C26H24N4O5/c31-24(30-14-9-10-22(30)19(11-14)25(32)33)21-12-23(29-28-21)27-26(34)35-13-20-17-7-3-1-5-15(17)16-6-2-4-8-18(16)20/h1-8,12,14,19-20,22H,9-11,13H2,(H,32,33)(H2,27,28,29,34). The molecule has 0 saturated carbocycles. The second-order valence-corrected chi connectivity index (χ2v) is 9.31. The van der Waals surface area contributed by atoms with Gasteiger partial charge < -0.3 is 14.7 Å². The van der Waals surface area contributed by atoms with E-state index in [9.17, 15) is 19.5 Å². The summed E-state index contributed by atoms with van der Waals surface area (Å²) in [6.45, 7) is 0.170. The molecule has 2 aromatic carbocycles. The quantitative estimate of drug-likeness (QED) is 0.518. The fourth-order valence-corrected chi connectivity index (χ4v) is 5.94. The highest BCUT2D eigenvalue weighted by Gasteiger charge is 2.51. The van der Waals surface area contributed by atoms with Crippen LogP contribution in [0.4, 0.5) is 10.6 Å². The minimum absolute atomic E-state index is 0.0581. The normalized spacial score (nSPS) is 22.1. The highest BCUT2D eigenvalue weighted by molar-refractivity contribution is 5.95. The van der Waals surface area contributed by atoms with Crippen LogP contribution in [0.25, 0.3) is 11.1 Å². The van der Waals surface area contributed by atoms with Crippen LogP contribution in [0.1, 0.15) is 46.8 Å². The van der Waals surface area contributed by atoms with E-state index < -0.39 is 18.0 Å². The first-order valence-electron chi connectivity index (χ1n) is 11.7. The molecular formula is C26H24N4O5. The Morgan fingerprint density at radius 1 is 1.06 bits per heavy atom. The number of aromatic amines is 1. The zero-order chi connectivity index (χ0) is 24.1. The molecule has 1 aliphatic carbocycles. The Morgan fingerprint density at radius 3 is 2.40 bits per heavy atom. The summed E-state index contributed by atoms with van der Waals surface area (Å²) in [6.07, 6.45) is 1.31. The number of aromatic nitrogens is 2. The Kier molecular flexibility index (Phi) is 5.05. The van der Waals surface area contributed by atoms with Gasteiger partial charge >= 0.3 is 12.1 Å². The number of hydrogen-bond acceptors (Lipinski definition) is 5. The summed E-state index contributed by atoms with van der Waals surface area (Å²) in [5.41, 5.74) is 4.74. The molecule has 3 heterocycles. The van der Waals surface area contributed by atoms with Crippen LogP contribution in [0.2, 0.25) is 0 Å². The van der Waals surface area contributed by atoms with Crippen LogP contribution in [0.15, 0.2) is 54.6 Å². The maximum Gasteiger partial charge on any atom is 0.412 e. The van der Waals surface area contributed by atoms with E-state index in [-0.39, 0.29) is 42.0 Å². The first-order chi connectivity index (χ1) is 17.0. The average Bonchev–Trinajstić information content (AvgIpc) is 3.64. The van der Waals surface area contributed by atoms with Gasteiger partial charge in [0.25, 0.3) is 5.91 Å². The molecule has 2 aliphatic heterocycles. The number of rotatable bonds is 5. The van der Waals surface area contributed by atoms with Crippen molar-refractivity contribution in [3.63, 3.8) is 0 Å². The highest BCUT2D eigenvalue weighted by Crippen LogP contribution is 2.45. The molecule has 2 fully saturated rings. The number of H-pyrrole nitrogens is 1. The third kappa shape index (κ3) is 3.54. The maximum atomic E-state index is 13.0. The van der Waals surface area contributed by atoms with Crippen molar-refractivity contribution < 1.29 is 24.2 Å². The molecule has 2 bridgehead atoms. The smallest absolute Gasteiger partial charge is 0.412 e. The van der Waals surface area contributed by atoms with E-state index in [1.807, 2.05) is 36.4 Å². The molecule has 178 valence electrons. The number of amides is 2. The minimum Gasteiger partial charge on any atom is -0.481 e. The number of nitrogens with one attached hydrogen (secondary N) is 2. The van der Waals surface area contributed by atoms with Gasteiger partial charge in [-0.1, -0.05) is 48.5 Å². The molecule has 3 atom stereocenters. The van der Waals surface area contributed by atoms with E-state index in [2.05, 4.69) is 27.6 Å². The summed E-state index contributed by atoms with van der Waals surface area (Å²) in [7, 11) is 0. The Bertz CT molecular complexity index is 1290. The van der Waals surface area contributed by atoms with Gasteiger partial charge in [0.05, 0.1) is 5.92 Å². The van der Waals surface area contributed by atoms with E-state index >= 15 is 0 Å². The SMILES string of the molecule is O=C(Nc1cc(C(=O)N2C3CCC2C(C(=O)O)C3)[nH]n1)OCC1c2ccccc2-c2ccccc21. The highest BCUT2D eigenvalue weighted by atomic mass is 16.5. The van der Waals surface area contributed by atoms with Crippen LogP contribution in [-0.4, -0.2) is 56.9 Å². The summed E-state index contributed by atoms with van der Waals surface area (Å²) < 4.78 is 5.53. The predicted octanol–water partition coefficient (Wildman–Crippen LogP) is 3.85. The number of carbonyl (C=O) groups excluding carboxylic acids is 2. The molecule has 0 radical (unpaired) electrons. The van der Waals surface area contributed by atoms with Crippen LogP contribution in [0, 0.1) is 5.92 Å². The van der Waals surface area contributed by atoms with Gasteiger partial charge in [-0.15, -0.1) is 0 Å². The van der Waals surface area contributed by atoms with Gasteiger partial charge in [-0.25, -0.2) is 4.79 Å². The van der Waals surface area contributed by atoms with Gasteiger partial charge in [0.1, 0.15) is 12.3 Å². The van der Waals surface area contributed by atoms with E-state index in [1.54, 1.807) is 4.90 Å². The molecule has 3 N–H and O–H groups in total. The van der Waals surface area contributed by atoms with Crippen LogP contribution >= 0.6 is 0 Å². The van der Waals surface area contributed by atoms with Gasteiger partial charge in [0, 0.05) is 24.1 Å². The molecule has 2 saturated heterocycles. The Morgan fingerprint density at radius 2 is 1.74 bits per heavy atom. The van der Waals surface area contributed by atoms with Crippen molar-refractivity contribution in [3.05, 3.63) is 71.4 Å². The van der Waals surface area contributed by atoms with E-state index in [4.69, 9.17) is 4.74 Å². The van der Waals surface area contributed by atoms with Crippen molar-refractivity contribution in [1.29, 1.82) is 0 Å².